The highest BCUT2D eigenvalue weighted by molar-refractivity contribution is 5.89. The normalized spacial score (nSPS) is 26.9. The molecule has 1 saturated heterocycles. The van der Waals surface area contributed by atoms with Crippen molar-refractivity contribution in [2.24, 2.45) is 5.92 Å². The number of anilines is 1. The molecule has 2 fully saturated rings. The second kappa shape index (κ2) is 5.80. The molecule has 1 aromatic rings. The molecule has 0 spiro atoms. The van der Waals surface area contributed by atoms with E-state index < -0.39 is 0 Å². The number of hydrogen-bond donors (Lipinski definition) is 2. The highest BCUT2D eigenvalue weighted by Gasteiger charge is 2.36. The maximum atomic E-state index is 12.2. The Morgan fingerprint density at radius 2 is 2.09 bits per heavy atom. The Kier molecular flexibility index (Phi) is 3.66. The molecule has 1 aromatic carbocycles. The van der Waals surface area contributed by atoms with Crippen LogP contribution < -0.4 is 15.4 Å². The van der Waals surface area contributed by atoms with Crippen LogP contribution in [0.15, 0.2) is 18.2 Å². The van der Waals surface area contributed by atoms with Crippen LogP contribution in [0.4, 0.5) is 10.5 Å². The smallest absolute Gasteiger partial charge is 0.319 e. The minimum atomic E-state index is -0.125. The first-order valence-electron chi connectivity index (χ1n) is 8.23. The zero-order chi connectivity index (χ0) is 14.9. The van der Waals surface area contributed by atoms with E-state index in [-0.39, 0.29) is 12.1 Å². The average molecular weight is 302 g/mol. The average Bonchev–Trinajstić information content (AvgIpc) is 3.26. The molecule has 2 N–H and O–H groups in total. The van der Waals surface area contributed by atoms with Crippen LogP contribution in [-0.2, 0) is 11.2 Å². The number of benzene rings is 1. The molecule has 0 radical (unpaired) electrons. The van der Waals surface area contributed by atoms with Crippen molar-refractivity contribution < 1.29 is 14.3 Å². The van der Waals surface area contributed by atoms with Gasteiger partial charge in [0, 0.05) is 24.8 Å². The molecular formula is C17H22N2O3. The van der Waals surface area contributed by atoms with Crippen molar-refractivity contribution in [3.63, 3.8) is 0 Å². The van der Waals surface area contributed by atoms with Gasteiger partial charge in [0.2, 0.25) is 0 Å². The molecule has 1 aliphatic carbocycles. The molecule has 2 aliphatic heterocycles. The van der Waals surface area contributed by atoms with Gasteiger partial charge in [-0.2, -0.15) is 0 Å². The summed E-state index contributed by atoms with van der Waals surface area (Å²) in [5, 5.41) is 6.02. The minimum absolute atomic E-state index is 0.125. The second-order valence-corrected chi connectivity index (χ2v) is 6.49. The van der Waals surface area contributed by atoms with Crippen molar-refractivity contribution in [3.8, 4) is 5.75 Å². The van der Waals surface area contributed by atoms with E-state index >= 15 is 0 Å². The maximum absolute atomic E-state index is 12.2. The quantitative estimate of drug-likeness (QED) is 0.902. The van der Waals surface area contributed by atoms with Crippen LogP contribution in [0.3, 0.4) is 0 Å². The van der Waals surface area contributed by atoms with Crippen molar-refractivity contribution in [2.75, 3.05) is 18.5 Å². The summed E-state index contributed by atoms with van der Waals surface area (Å²) < 4.78 is 11.3. The molecule has 2 amide bonds. The molecule has 0 unspecified atom stereocenters. The molecule has 0 aromatic heterocycles. The van der Waals surface area contributed by atoms with E-state index in [1.165, 1.54) is 12.8 Å². The Bertz CT molecular complexity index is 571. The lowest BCUT2D eigenvalue weighted by molar-refractivity contribution is -0.00889. The summed E-state index contributed by atoms with van der Waals surface area (Å²) in [5.41, 5.74) is 1.99. The first-order chi connectivity index (χ1) is 10.8. The van der Waals surface area contributed by atoms with Gasteiger partial charge in [0.25, 0.3) is 0 Å². The molecule has 3 aliphatic rings. The fourth-order valence-electron chi connectivity index (χ4n) is 3.37. The standard InChI is InChI=1S/C17H22N2O3/c20-17(18-13-3-4-15-12(9-13)5-7-21-15)19-14-6-8-22-16(10-14)11-1-2-11/h3-4,9,11,14,16H,1-2,5-8,10H2,(H2,18,19,20)/t14-,16+/m1/s1. The van der Waals surface area contributed by atoms with E-state index in [4.69, 9.17) is 9.47 Å². The molecule has 5 nitrogen and oxygen atoms in total. The summed E-state index contributed by atoms with van der Waals surface area (Å²) in [5.74, 6) is 1.66. The zero-order valence-corrected chi connectivity index (χ0v) is 12.6. The summed E-state index contributed by atoms with van der Waals surface area (Å²) >= 11 is 0. The number of urea groups is 1. The SMILES string of the molecule is O=C(Nc1ccc2c(c1)CCO2)N[C@@H]1CCO[C@H](C2CC2)C1. The summed E-state index contributed by atoms with van der Waals surface area (Å²) in [4.78, 5) is 12.2. The van der Waals surface area contributed by atoms with E-state index in [2.05, 4.69) is 10.6 Å². The fourth-order valence-corrected chi connectivity index (χ4v) is 3.37. The lowest BCUT2D eigenvalue weighted by Gasteiger charge is -2.30. The van der Waals surface area contributed by atoms with Gasteiger partial charge in [0.05, 0.1) is 12.7 Å². The van der Waals surface area contributed by atoms with E-state index in [9.17, 15) is 4.79 Å². The van der Waals surface area contributed by atoms with E-state index in [0.29, 0.717) is 6.10 Å². The van der Waals surface area contributed by atoms with Crippen LogP contribution in [0, 0.1) is 5.92 Å². The number of rotatable bonds is 3. The van der Waals surface area contributed by atoms with Crippen LogP contribution in [0.1, 0.15) is 31.2 Å². The van der Waals surface area contributed by atoms with Gasteiger partial charge < -0.3 is 20.1 Å². The number of ether oxygens (including phenoxy) is 2. The highest BCUT2D eigenvalue weighted by Crippen LogP contribution is 2.38. The van der Waals surface area contributed by atoms with E-state index in [0.717, 1.165) is 55.4 Å². The lowest BCUT2D eigenvalue weighted by Crippen LogP contribution is -2.44. The molecule has 1 saturated carbocycles. The Balaban J connectivity index is 1.32. The minimum Gasteiger partial charge on any atom is -0.493 e. The van der Waals surface area contributed by atoms with Crippen molar-refractivity contribution in [1.29, 1.82) is 0 Å². The van der Waals surface area contributed by atoms with Crippen molar-refractivity contribution in [1.82, 2.24) is 5.32 Å². The highest BCUT2D eigenvalue weighted by atomic mass is 16.5. The Hall–Kier alpha value is -1.75. The lowest BCUT2D eigenvalue weighted by atomic mass is 10.0. The summed E-state index contributed by atoms with van der Waals surface area (Å²) in [6, 6.07) is 5.91. The van der Waals surface area contributed by atoms with Gasteiger partial charge in [0.15, 0.2) is 0 Å². The molecule has 2 atom stereocenters. The number of amides is 2. The monoisotopic (exact) mass is 302 g/mol. The number of fused-ring (bicyclic) bond motifs is 1. The predicted octanol–water partition coefficient (Wildman–Crippen LogP) is 2.70. The Morgan fingerprint density at radius 1 is 1.18 bits per heavy atom. The van der Waals surface area contributed by atoms with Gasteiger partial charge in [-0.25, -0.2) is 4.79 Å². The van der Waals surface area contributed by atoms with Crippen LogP contribution in [0.25, 0.3) is 0 Å². The summed E-state index contributed by atoms with van der Waals surface area (Å²) in [6.45, 7) is 1.48. The zero-order valence-electron chi connectivity index (χ0n) is 12.6. The topological polar surface area (TPSA) is 59.6 Å². The van der Waals surface area contributed by atoms with E-state index in [1.54, 1.807) is 0 Å². The second-order valence-electron chi connectivity index (χ2n) is 6.49. The third-order valence-electron chi connectivity index (χ3n) is 4.75. The molecule has 0 bridgehead atoms. The fraction of sp³-hybridized carbons (Fsp3) is 0.588. The van der Waals surface area contributed by atoms with Crippen LogP contribution in [0.5, 0.6) is 5.75 Å². The maximum Gasteiger partial charge on any atom is 0.319 e. The predicted molar refractivity (Wildman–Crippen MR) is 83.3 cm³/mol. The first-order valence-corrected chi connectivity index (χ1v) is 8.23. The largest absolute Gasteiger partial charge is 0.493 e. The van der Waals surface area contributed by atoms with Gasteiger partial charge in [-0.1, -0.05) is 0 Å². The van der Waals surface area contributed by atoms with Crippen molar-refractivity contribution in [3.05, 3.63) is 23.8 Å². The number of nitrogens with one attached hydrogen (secondary N) is 2. The van der Waals surface area contributed by atoms with Gasteiger partial charge in [-0.15, -0.1) is 0 Å². The number of hydrogen-bond acceptors (Lipinski definition) is 3. The van der Waals surface area contributed by atoms with Gasteiger partial charge in [0.1, 0.15) is 5.75 Å². The number of carbonyl (C=O) groups excluding carboxylic acids is 1. The molecule has 2 heterocycles. The van der Waals surface area contributed by atoms with Crippen LogP contribution >= 0.6 is 0 Å². The molecule has 4 rings (SSSR count). The third-order valence-corrected chi connectivity index (χ3v) is 4.75. The van der Waals surface area contributed by atoms with Crippen LogP contribution in [-0.4, -0.2) is 31.4 Å². The number of carbonyl (C=O) groups is 1. The molecule has 22 heavy (non-hydrogen) atoms. The summed E-state index contributed by atoms with van der Waals surface area (Å²) in [7, 11) is 0. The van der Waals surface area contributed by atoms with Gasteiger partial charge in [-0.05, 0) is 55.4 Å². The van der Waals surface area contributed by atoms with Crippen molar-refractivity contribution >= 4 is 11.7 Å². The summed E-state index contributed by atoms with van der Waals surface area (Å²) in [6.07, 6.45) is 5.65. The molecule has 118 valence electrons. The Labute approximate surface area is 130 Å². The first kappa shape index (κ1) is 13.9. The Morgan fingerprint density at radius 3 is 2.95 bits per heavy atom. The molecular weight excluding hydrogens is 280 g/mol. The van der Waals surface area contributed by atoms with E-state index in [1.807, 2.05) is 18.2 Å². The van der Waals surface area contributed by atoms with Crippen molar-refractivity contribution in [2.45, 2.75) is 44.2 Å². The third kappa shape index (κ3) is 3.04. The van der Waals surface area contributed by atoms with Crippen LogP contribution in [0.2, 0.25) is 0 Å². The molecule has 5 heteroatoms. The van der Waals surface area contributed by atoms with Gasteiger partial charge in [-0.3, -0.25) is 0 Å². The van der Waals surface area contributed by atoms with Gasteiger partial charge >= 0.3 is 6.03 Å².